The van der Waals surface area contributed by atoms with Crippen LogP contribution in [0.3, 0.4) is 0 Å². The molecule has 0 saturated heterocycles. The highest BCUT2D eigenvalue weighted by molar-refractivity contribution is 6.39. The predicted molar refractivity (Wildman–Crippen MR) is 70.6 cm³/mol. The SMILES string of the molecule is NCCCCCC(=O)C(=O)[C@H](N)[C@@H](O)[C@H](O)[C@H](O)CO. The van der Waals surface area contributed by atoms with Crippen molar-refractivity contribution in [1.29, 1.82) is 0 Å². The average molecular weight is 292 g/mol. The molecular formula is C12H24N2O6. The fourth-order valence-electron chi connectivity index (χ4n) is 1.62. The van der Waals surface area contributed by atoms with Crippen molar-refractivity contribution in [3.05, 3.63) is 0 Å². The Morgan fingerprint density at radius 1 is 1.00 bits per heavy atom. The Morgan fingerprint density at radius 3 is 2.10 bits per heavy atom. The van der Waals surface area contributed by atoms with Crippen molar-refractivity contribution >= 4 is 11.6 Å². The van der Waals surface area contributed by atoms with E-state index in [1.165, 1.54) is 0 Å². The van der Waals surface area contributed by atoms with Crippen molar-refractivity contribution < 1.29 is 30.0 Å². The van der Waals surface area contributed by atoms with E-state index in [0.29, 0.717) is 19.4 Å². The Bertz CT molecular complexity index is 312. The van der Waals surface area contributed by atoms with Gasteiger partial charge in [0, 0.05) is 6.42 Å². The number of nitrogens with two attached hydrogens (primary N) is 2. The smallest absolute Gasteiger partial charge is 0.217 e. The molecule has 8 nitrogen and oxygen atoms in total. The van der Waals surface area contributed by atoms with Crippen molar-refractivity contribution in [1.82, 2.24) is 0 Å². The topological polar surface area (TPSA) is 167 Å². The molecule has 20 heavy (non-hydrogen) atoms. The van der Waals surface area contributed by atoms with E-state index in [1.807, 2.05) is 0 Å². The zero-order chi connectivity index (χ0) is 15.7. The molecule has 0 aliphatic carbocycles. The molecule has 0 bridgehead atoms. The Labute approximate surface area is 117 Å². The molecular weight excluding hydrogens is 268 g/mol. The summed E-state index contributed by atoms with van der Waals surface area (Å²) in [6.45, 7) is -0.294. The maximum Gasteiger partial charge on any atom is 0.217 e. The number of carbonyl (C=O) groups is 2. The first kappa shape index (κ1) is 19.1. The van der Waals surface area contributed by atoms with E-state index in [1.54, 1.807) is 0 Å². The normalized spacial score (nSPS) is 17.3. The Hall–Kier alpha value is -0.900. The lowest BCUT2D eigenvalue weighted by atomic mass is 9.95. The Kier molecular flexibility index (Phi) is 9.47. The van der Waals surface area contributed by atoms with Gasteiger partial charge >= 0.3 is 0 Å². The second-order valence-corrected chi connectivity index (χ2v) is 4.64. The summed E-state index contributed by atoms with van der Waals surface area (Å²) >= 11 is 0. The minimum Gasteiger partial charge on any atom is -0.394 e. The lowest BCUT2D eigenvalue weighted by molar-refractivity contribution is -0.142. The van der Waals surface area contributed by atoms with Crippen LogP contribution in [-0.4, -0.2) is 69.5 Å². The zero-order valence-electron chi connectivity index (χ0n) is 11.3. The van der Waals surface area contributed by atoms with Gasteiger partial charge < -0.3 is 31.9 Å². The lowest BCUT2D eigenvalue weighted by Gasteiger charge is -2.25. The summed E-state index contributed by atoms with van der Waals surface area (Å²) in [7, 11) is 0. The molecule has 8 heteroatoms. The number of unbranched alkanes of at least 4 members (excludes halogenated alkanes) is 2. The second-order valence-electron chi connectivity index (χ2n) is 4.64. The molecule has 0 heterocycles. The molecule has 0 aliphatic rings. The first-order valence-electron chi connectivity index (χ1n) is 6.54. The fraction of sp³-hybridized carbons (Fsp3) is 0.833. The second kappa shape index (κ2) is 9.92. The van der Waals surface area contributed by atoms with Crippen molar-refractivity contribution in [2.24, 2.45) is 11.5 Å². The fourth-order valence-corrected chi connectivity index (χ4v) is 1.62. The van der Waals surface area contributed by atoms with Gasteiger partial charge in [-0.25, -0.2) is 0 Å². The molecule has 0 aliphatic heterocycles. The van der Waals surface area contributed by atoms with Crippen LogP contribution in [0.15, 0.2) is 0 Å². The summed E-state index contributed by atoms with van der Waals surface area (Å²) in [5, 5.41) is 36.8. The van der Waals surface area contributed by atoms with Crippen molar-refractivity contribution in [3.8, 4) is 0 Å². The molecule has 0 aromatic heterocycles. The van der Waals surface area contributed by atoms with Gasteiger partial charge in [0.25, 0.3) is 0 Å². The lowest BCUT2D eigenvalue weighted by Crippen LogP contribution is -2.54. The molecule has 0 saturated carbocycles. The quantitative estimate of drug-likeness (QED) is 0.173. The summed E-state index contributed by atoms with van der Waals surface area (Å²) in [5.74, 6) is -1.74. The van der Waals surface area contributed by atoms with Gasteiger partial charge in [-0.15, -0.1) is 0 Å². The third-order valence-electron chi connectivity index (χ3n) is 2.98. The van der Waals surface area contributed by atoms with E-state index in [2.05, 4.69) is 0 Å². The predicted octanol–water partition coefficient (Wildman–Crippen LogP) is -2.95. The van der Waals surface area contributed by atoms with Crippen molar-refractivity contribution in [2.45, 2.75) is 50.0 Å². The Balaban J connectivity index is 4.34. The van der Waals surface area contributed by atoms with Crippen LogP contribution in [0.2, 0.25) is 0 Å². The molecule has 8 N–H and O–H groups in total. The van der Waals surface area contributed by atoms with Crippen LogP contribution in [-0.2, 0) is 9.59 Å². The largest absolute Gasteiger partial charge is 0.394 e. The number of hydrogen-bond donors (Lipinski definition) is 6. The molecule has 0 spiro atoms. The molecule has 4 atom stereocenters. The van der Waals surface area contributed by atoms with Crippen LogP contribution in [0.1, 0.15) is 25.7 Å². The van der Waals surface area contributed by atoms with E-state index in [4.69, 9.17) is 21.7 Å². The standard InChI is InChI=1S/C12H24N2O6/c13-5-3-1-2-4-7(16)10(18)9(14)12(20)11(19)8(17)6-15/h8-9,11-12,15,17,19-20H,1-6,13-14H2/t8-,9+,11-,12-/m1/s1. The first-order valence-corrected chi connectivity index (χ1v) is 6.54. The summed E-state index contributed by atoms with van der Waals surface area (Å²) in [6, 6.07) is -1.63. The molecule has 0 aromatic carbocycles. The van der Waals surface area contributed by atoms with E-state index in [-0.39, 0.29) is 6.42 Å². The molecule has 0 rings (SSSR count). The van der Waals surface area contributed by atoms with E-state index in [9.17, 15) is 19.8 Å². The third-order valence-corrected chi connectivity index (χ3v) is 2.98. The number of carbonyl (C=O) groups excluding carboxylic acids is 2. The molecule has 118 valence electrons. The van der Waals surface area contributed by atoms with Gasteiger partial charge in [0.1, 0.15) is 24.4 Å². The van der Waals surface area contributed by atoms with Crippen LogP contribution in [0.5, 0.6) is 0 Å². The van der Waals surface area contributed by atoms with Gasteiger partial charge in [-0.1, -0.05) is 6.42 Å². The van der Waals surface area contributed by atoms with Crippen molar-refractivity contribution in [2.75, 3.05) is 13.2 Å². The Morgan fingerprint density at radius 2 is 1.60 bits per heavy atom. The maximum absolute atomic E-state index is 11.6. The van der Waals surface area contributed by atoms with E-state index >= 15 is 0 Å². The van der Waals surface area contributed by atoms with Gasteiger partial charge in [0.2, 0.25) is 5.78 Å². The third kappa shape index (κ3) is 6.04. The number of aliphatic hydroxyl groups excluding tert-OH is 4. The monoisotopic (exact) mass is 292 g/mol. The highest BCUT2D eigenvalue weighted by Gasteiger charge is 2.35. The van der Waals surface area contributed by atoms with Gasteiger partial charge in [-0.3, -0.25) is 9.59 Å². The number of rotatable bonds is 11. The maximum atomic E-state index is 11.6. The highest BCUT2D eigenvalue weighted by atomic mass is 16.4. The number of hydrogen-bond acceptors (Lipinski definition) is 8. The molecule has 0 aromatic rings. The zero-order valence-corrected chi connectivity index (χ0v) is 11.3. The number of aliphatic hydroxyl groups is 4. The van der Waals surface area contributed by atoms with Gasteiger partial charge in [-0.2, -0.15) is 0 Å². The summed E-state index contributed by atoms with van der Waals surface area (Å²) in [6.07, 6.45) is -3.31. The average Bonchev–Trinajstić information content (AvgIpc) is 2.47. The van der Waals surface area contributed by atoms with Gasteiger partial charge in [0.15, 0.2) is 5.78 Å². The van der Waals surface area contributed by atoms with Crippen LogP contribution in [0.4, 0.5) is 0 Å². The summed E-state index contributed by atoms with van der Waals surface area (Å²) < 4.78 is 0. The summed E-state index contributed by atoms with van der Waals surface area (Å²) in [5.41, 5.74) is 10.7. The molecule has 0 radical (unpaired) electrons. The van der Waals surface area contributed by atoms with Crippen molar-refractivity contribution in [3.63, 3.8) is 0 Å². The van der Waals surface area contributed by atoms with Crippen LogP contribution in [0.25, 0.3) is 0 Å². The molecule has 0 amide bonds. The number of Topliss-reactive ketones (excluding diaryl/α,β-unsaturated/α-hetero) is 2. The van der Waals surface area contributed by atoms with Gasteiger partial charge in [0.05, 0.1) is 6.61 Å². The molecule has 0 unspecified atom stereocenters. The highest BCUT2D eigenvalue weighted by Crippen LogP contribution is 2.07. The van der Waals surface area contributed by atoms with Crippen LogP contribution in [0, 0.1) is 0 Å². The minimum absolute atomic E-state index is 0.00208. The van der Waals surface area contributed by atoms with Crippen LogP contribution < -0.4 is 11.5 Å². The van der Waals surface area contributed by atoms with Gasteiger partial charge in [-0.05, 0) is 19.4 Å². The van der Waals surface area contributed by atoms with E-state index in [0.717, 1.165) is 6.42 Å². The number of ketones is 2. The van der Waals surface area contributed by atoms with Crippen LogP contribution >= 0.6 is 0 Å². The summed E-state index contributed by atoms with van der Waals surface area (Å²) in [4.78, 5) is 23.2. The minimum atomic E-state index is -1.82. The first-order chi connectivity index (χ1) is 9.36. The molecule has 0 fully saturated rings. The van der Waals surface area contributed by atoms with E-state index < -0.39 is 42.5 Å².